The Labute approximate surface area is 143 Å². The van der Waals surface area contributed by atoms with Crippen molar-refractivity contribution in [2.45, 2.75) is 39.7 Å². The summed E-state index contributed by atoms with van der Waals surface area (Å²) >= 11 is 0. The molecule has 2 amide bonds. The van der Waals surface area contributed by atoms with Crippen LogP contribution in [-0.2, 0) is 0 Å². The van der Waals surface area contributed by atoms with Crippen molar-refractivity contribution in [1.29, 1.82) is 0 Å². The molecule has 134 valence electrons. The number of nitrogens with one attached hydrogen (secondary N) is 2. The minimum absolute atomic E-state index is 0.171. The van der Waals surface area contributed by atoms with Gasteiger partial charge in [-0.1, -0.05) is 13.8 Å². The molecule has 0 aliphatic carbocycles. The molecular weight excluding hydrogens is 309 g/mol. The summed E-state index contributed by atoms with van der Waals surface area (Å²) in [6.07, 6.45) is 1.89. The Morgan fingerprint density at radius 1 is 1.38 bits per heavy atom. The SMILES string of the molecule is CCOc1cc(F)ccc1NC(=O)NC1CCN(CC(C)C)CC1. The Balaban J connectivity index is 1.84. The molecule has 1 fully saturated rings. The van der Waals surface area contributed by atoms with Crippen LogP contribution in [0.25, 0.3) is 0 Å². The average molecular weight is 337 g/mol. The number of nitrogens with zero attached hydrogens (tertiary/aromatic N) is 1. The molecule has 0 aromatic heterocycles. The Hall–Kier alpha value is -1.82. The first kappa shape index (κ1) is 18.5. The summed E-state index contributed by atoms with van der Waals surface area (Å²) < 4.78 is 18.7. The van der Waals surface area contributed by atoms with Gasteiger partial charge in [-0.15, -0.1) is 0 Å². The lowest BCUT2D eigenvalue weighted by Crippen LogP contribution is -2.46. The number of piperidine rings is 1. The number of likely N-dealkylation sites (tertiary alicyclic amines) is 1. The molecule has 1 aliphatic rings. The van der Waals surface area contributed by atoms with Crippen LogP contribution < -0.4 is 15.4 Å². The van der Waals surface area contributed by atoms with Gasteiger partial charge in [0.2, 0.25) is 0 Å². The van der Waals surface area contributed by atoms with Crippen LogP contribution in [0.2, 0.25) is 0 Å². The Morgan fingerprint density at radius 3 is 2.71 bits per heavy atom. The van der Waals surface area contributed by atoms with Crippen LogP contribution in [-0.4, -0.2) is 43.2 Å². The zero-order valence-electron chi connectivity index (χ0n) is 14.8. The first-order valence-corrected chi connectivity index (χ1v) is 8.70. The van der Waals surface area contributed by atoms with E-state index in [1.807, 2.05) is 6.92 Å². The third kappa shape index (κ3) is 5.67. The van der Waals surface area contributed by atoms with Crippen LogP contribution in [0, 0.1) is 11.7 Å². The maximum absolute atomic E-state index is 13.3. The quantitative estimate of drug-likeness (QED) is 0.836. The summed E-state index contributed by atoms with van der Waals surface area (Å²) in [5, 5.41) is 5.76. The van der Waals surface area contributed by atoms with Gasteiger partial charge in [-0.05, 0) is 37.8 Å². The number of urea groups is 1. The van der Waals surface area contributed by atoms with Gasteiger partial charge in [-0.2, -0.15) is 0 Å². The summed E-state index contributed by atoms with van der Waals surface area (Å²) in [4.78, 5) is 14.6. The summed E-state index contributed by atoms with van der Waals surface area (Å²) in [6.45, 7) is 9.78. The normalized spacial score (nSPS) is 16.2. The molecule has 0 spiro atoms. The van der Waals surface area contributed by atoms with Gasteiger partial charge < -0.3 is 20.3 Å². The van der Waals surface area contributed by atoms with Crippen LogP contribution in [0.3, 0.4) is 0 Å². The maximum Gasteiger partial charge on any atom is 0.319 e. The molecule has 5 nitrogen and oxygen atoms in total. The van der Waals surface area contributed by atoms with Gasteiger partial charge in [-0.25, -0.2) is 9.18 Å². The molecule has 1 aromatic carbocycles. The van der Waals surface area contributed by atoms with Crippen molar-refractivity contribution in [2.75, 3.05) is 31.6 Å². The number of carbonyl (C=O) groups is 1. The van der Waals surface area contributed by atoms with Gasteiger partial charge >= 0.3 is 6.03 Å². The highest BCUT2D eigenvalue weighted by Crippen LogP contribution is 2.25. The fourth-order valence-corrected chi connectivity index (χ4v) is 2.99. The topological polar surface area (TPSA) is 53.6 Å². The Morgan fingerprint density at radius 2 is 2.08 bits per heavy atom. The van der Waals surface area contributed by atoms with Crippen molar-refractivity contribution < 1.29 is 13.9 Å². The van der Waals surface area contributed by atoms with Gasteiger partial charge in [0.05, 0.1) is 12.3 Å². The lowest BCUT2D eigenvalue weighted by Gasteiger charge is -2.33. The molecule has 6 heteroatoms. The zero-order valence-corrected chi connectivity index (χ0v) is 14.8. The van der Waals surface area contributed by atoms with Crippen LogP contribution in [0.5, 0.6) is 5.75 Å². The monoisotopic (exact) mass is 337 g/mol. The third-order valence-electron chi connectivity index (χ3n) is 4.04. The largest absolute Gasteiger partial charge is 0.492 e. The molecule has 24 heavy (non-hydrogen) atoms. The van der Waals surface area contributed by atoms with Crippen LogP contribution in [0.4, 0.5) is 14.9 Å². The molecule has 2 N–H and O–H groups in total. The molecule has 0 radical (unpaired) electrons. The van der Waals surface area contributed by atoms with Crippen molar-refractivity contribution in [2.24, 2.45) is 5.92 Å². The lowest BCUT2D eigenvalue weighted by atomic mass is 10.0. The predicted octanol–water partition coefficient (Wildman–Crippen LogP) is 3.47. The number of amides is 2. The minimum Gasteiger partial charge on any atom is -0.492 e. The van der Waals surface area contributed by atoms with E-state index in [-0.39, 0.29) is 17.9 Å². The van der Waals surface area contributed by atoms with E-state index in [0.717, 1.165) is 32.5 Å². The minimum atomic E-state index is -0.387. The molecule has 1 heterocycles. The third-order valence-corrected chi connectivity index (χ3v) is 4.04. The van der Waals surface area contributed by atoms with Crippen molar-refractivity contribution in [3.8, 4) is 5.75 Å². The number of hydrogen-bond acceptors (Lipinski definition) is 3. The second kappa shape index (κ2) is 8.87. The standard InChI is InChI=1S/C18H28FN3O2/c1-4-24-17-11-14(19)5-6-16(17)21-18(23)20-15-7-9-22(10-8-15)12-13(2)3/h5-6,11,13,15H,4,7-10,12H2,1-3H3,(H2,20,21,23). The highest BCUT2D eigenvalue weighted by atomic mass is 19.1. The summed E-state index contributed by atoms with van der Waals surface area (Å²) in [7, 11) is 0. The van der Waals surface area contributed by atoms with Gasteiger partial charge in [0, 0.05) is 31.7 Å². The molecule has 0 bridgehead atoms. The number of anilines is 1. The van der Waals surface area contributed by atoms with Crippen LogP contribution >= 0.6 is 0 Å². The van der Waals surface area contributed by atoms with E-state index in [1.165, 1.54) is 18.2 Å². The summed E-state index contributed by atoms with van der Waals surface area (Å²) in [5.41, 5.74) is 0.480. The molecule has 1 aliphatic heterocycles. The van der Waals surface area contributed by atoms with Crippen LogP contribution in [0.15, 0.2) is 18.2 Å². The van der Waals surface area contributed by atoms with Gasteiger partial charge in [0.15, 0.2) is 0 Å². The molecular formula is C18H28FN3O2. The van der Waals surface area contributed by atoms with Crippen molar-refractivity contribution in [3.63, 3.8) is 0 Å². The summed E-state index contributed by atoms with van der Waals surface area (Å²) in [6, 6.07) is 4.01. The molecule has 2 rings (SSSR count). The molecule has 1 saturated heterocycles. The average Bonchev–Trinajstić information content (AvgIpc) is 2.52. The van der Waals surface area contributed by atoms with Gasteiger partial charge in [-0.3, -0.25) is 0 Å². The highest BCUT2D eigenvalue weighted by molar-refractivity contribution is 5.91. The Kier molecular flexibility index (Phi) is 6.85. The number of rotatable bonds is 6. The van der Waals surface area contributed by atoms with E-state index in [9.17, 15) is 9.18 Å². The van der Waals surface area contributed by atoms with Crippen LogP contribution in [0.1, 0.15) is 33.6 Å². The smallest absolute Gasteiger partial charge is 0.319 e. The van der Waals surface area contributed by atoms with Gasteiger partial charge in [0.25, 0.3) is 0 Å². The zero-order chi connectivity index (χ0) is 17.5. The lowest BCUT2D eigenvalue weighted by molar-refractivity contribution is 0.180. The first-order valence-electron chi connectivity index (χ1n) is 8.70. The van der Waals surface area contributed by atoms with Crippen molar-refractivity contribution >= 4 is 11.7 Å². The first-order chi connectivity index (χ1) is 11.5. The molecule has 1 aromatic rings. The van der Waals surface area contributed by atoms with Crippen molar-refractivity contribution in [1.82, 2.24) is 10.2 Å². The Bertz CT molecular complexity index is 543. The van der Waals surface area contributed by atoms with E-state index in [2.05, 4.69) is 29.4 Å². The second-order valence-corrected chi connectivity index (χ2v) is 6.64. The number of carbonyl (C=O) groups excluding carboxylic acids is 1. The van der Waals surface area contributed by atoms with E-state index in [4.69, 9.17) is 4.74 Å². The van der Waals surface area contributed by atoms with E-state index in [1.54, 1.807) is 0 Å². The number of benzene rings is 1. The number of hydrogen-bond donors (Lipinski definition) is 2. The number of halogens is 1. The second-order valence-electron chi connectivity index (χ2n) is 6.64. The van der Waals surface area contributed by atoms with Crippen molar-refractivity contribution in [3.05, 3.63) is 24.0 Å². The van der Waals surface area contributed by atoms with Gasteiger partial charge in [0.1, 0.15) is 11.6 Å². The fourth-order valence-electron chi connectivity index (χ4n) is 2.99. The van der Waals surface area contributed by atoms with E-state index >= 15 is 0 Å². The predicted molar refractivity (Wildman–Crippen MR) is 94.0 cm³/mol. The maximum atomic E-state index is 13.3. The number of ether oxygens (including phenoxy) is 1. The molecule has 0 saturated carbocycles. The fraction of sp³-hybridized carbons (Fsp3) is 0.611. The van der Waals surface area contributed by atoms with E-state index < -0.39 is 0 Å². The molecule has 0 unspecified atom stereocenters. The molecule has 0 atom stereocenters. The van der Waals surface area contributed by atoms with E-state index in [0.29, 0.717) is 24.0 Å². The summed E-state index contributed by atoms with van der Waals surface area (Å²) in [5.74, 6) is 0.620. The highest BCUT2D eigenvalue weighted by Gasteiger charge is 2.21.